The Hall–Kier alpha value is -0.870. The average Bonchev–Trinajstić information content (AvgIpc) is 2.47. The summed E-state index contributed by atoms with van der Waals surface area (Å²) in [7, 11) is 0. The lowest BCUT2D eigenvalue weighted by molar-refractivity contribution is 0.0157. The molecule has 0 saturated carbocycles. The molecule has 1 fully saturated rings. The van der Waals surface area contributed by atoms with Crippen molar-refractivity contribution in [1.82, 2.24) is 15.1 Å². The predicted octanol–water partition coefficient (Wildman–Crippen LogP) is 0.488. The number of ether oxygens (including phenoxy) is 1. The molecule has 0 unspecified atom stereocenters. The Bertz CT molecular complexity index is 302. The van der Waals surface area contributed by atoms with Gasteiger partial charge in [0.25, 0.3) is 0 Å². The summed E-state index contributed by atoms with van der Waals surface area (Å²) in [5.74, 6) is 0. The predicted molar refractivity (Wildman–Crippen MR) is 54.3 cm³/mol. The highest BCUT2D eigenvalue weighted by Crippen LogP contribution is 2.05. The van der Waals surface area contributed by atoms with Crippen molar-refractivity contribution in [3.63, 3.8) is 0 Å². The van der Waals surface area contributed by atoms with Crippen LogP contribution in [0.2, 0.25) is 0 Å². The fourth-order valence-electron chi connectivity index (χ4n) is 1.79. The van der Waals surface area contributed by atoms with E-state index in [9.17, 15) is 0 Å². The van der Waals surface area contributed by atoms with Gasteiger partial charge in [0.2, 0.25) is 0 Å². The highest BCUT2D eigenvalue weighted by Gasteiger charge is 2.15. The number of morpholine rings is 1. The molecule has 14 heavy (non-hydrogen) atoms. The molecular weight excluding hydrogens is 178 g/mol. The van der Waals surface area contributed by atoms with E-state index < -0.39 is 0 Å². The minimum absolute atomic E-state index is 0.266. The Morgan fingerprint density at radius 1 is 1.64 bits per heavy atom. The quantitative estimate of drug-likeness (QED) is 0.746. The summed E-state index contributed by atoms with van der Waals surface area (Å²) in [4.78, 5) is 0. The van der Waals surface area contributed by atoms with Crippen LogP contribution in [0, 0.1) is 13.8 Å². The van der Waals surface area contributed by atoms with Crippen LogP contribution in [0.25, 0.3) is 0 Å². The Kier molecular flexibility index (Phi) is 2.84. The van der Waals surface area contributed by atoms with E-state index in [2.05, 4.69) is 23.4 Å². The van der Waals surface area contributed by atoms with E-state index in [1.54, 1.807) is 0 Å². The van der Waals surface area contributed by atoms with E-state index in [1.165, 1.54) is 5.69 Å². The van der Waals surface area contributed by atoms with E-state index in [0.29, 0.717) is 0 Å². The maximum absolute atomic E-state index is 5.62. The fraction of sp³-hybridized carbons (Fsp3) is 0.700. The first-order chi connectivity index (χ1) is 6.75. The monoisotopic (exact) mass is 195 g/mol. The lowest BCUT2D eigenvalue weighted by Gasteiger charge is -2.23. The molecule has 4 heteroatoms. The van der Waals surface area contributed by atoms with E-state index in [-0.39, 0.29) is 6.10 Å². The van der Waals surface area contributed by atoms with Gasteiger partial charge in [0.05, 0.1) is 24.9 Å². The smallest absolute Gasteiger partial charge is 0.0895 e. The van der Waals surface area contributed by atoms with Crippen molar-refractivity contribution in [3.8, 4) is 0 Å². The zero-order chi connectivity index (χ0) is 9.97. The Labute approximate surface area is 84.3 Å². The normalized spacial score (nSPS) is 22.6. The molecule has 1 saturated heterocycles. The van der Waals surface area contributed by atoms with Crippen LogP contribution in [-0.4, -0.2) is 35.6 Å². The van der Waals surface area contributed by atoms with Crippen molar-refractivity contribution in [2.24, 2.45) is 0 Å². The molecule has 1 aliphatic rings. The topological polar surface area (TPSA) is 39.1 Å². The first kappa shape index (κ1) is 9.68. The van der Waals surface area contributed by atoms with Crippen LogP contribution in [0.15, 0.2) is 6.07 Å². The molecule has 1 aliphatic heterocycles. The molecule has 0 amide bonds. The van der Waals surface area contributed by atoms with Gasteiger partial charge in [-0.2, -0.15) is 5.10 Å². The van der Waals surface area contributed by atoms with E-state index in [1.807, 2.05) is 11.6 Å². The first-order valence-corrected chi connectivity index (χ1v) is 5.09. The van der Waals surface area contributed by atoms with Crippen LogP contribution in [0.4, 0.5) is 0 Å². The standard InChI is InChI=1S/C10H17N3O/c1-8-5-9(2)13(12-8)7-10-6-11-3-4-14-10/h5,10-11H,3-4,6-7H2,1-2H3/t10-/m0/s1. The summed E-state index contributed by atoms with van der Waals surface area (Å²) in [5.41, 5.74) is 2.28. The van der Waals surface area contributed by atoms with Gasteiger partial charge in [-0.3, -0.25) is 4.68 Å². The first-order valence-electron chi connectivity index (χ1n) is 5.09. The van der Waals surface area contributed by atoms with Crippen LogP contribution in [0.3, 0.4) is 0 Å². The van der Waals surface area contributed by atoms with Gasteiger partial charge in [0.15, 0.2) is 0 Å². The molecule has 4 nitrogen and oxygen atoms in total. The van der Waals surface area contributed by atoms with Crippen molar-refractivity contribution >= 4 is 0 Å². The van der Waals surface area contributed by atoms with Gasteiger partial charge >= 0.3 is 0 Å². The Balaban J connectivity index is 1.98. The SMILES string of the molecule is Cc1cc(C)n(C[C@@H]2CNCCO2)n1. The summed E-state index contributed by atoms with van der Waals surface area (Å²) in [6.45, 7) is 7.66. The molecule has 1 aromatic heterocycles. The molecular formula is C10H17N3O. The number of aryl methyl sites for hydroxylation is 2. The minimum Gasteiger partial charge on any atom is -0.374 e. The molecule has 2 rings (SSSR count). The average molecular weight is 195 g/mol. The number of aromatic nitrogens is 2. The third kappa shape index (κ3) is 2.13. The lowest BCUT2D eigenvalue weighted by atomic mass is 10.3. The van der Waals surface area contributed by atoms with Crippen molar-refractivity contribution < 1.29 is 4.74 Å². The van der Waals surface area contributed by atoms with Gasteiger partial charge in [-0.1, -0.05) is 0 Å². The summed E-state index contributed by atoms with van der Waals surface area (Å²) in [6, 6.07) is 2.09. The number of nitrogens with one attached hydrogen (secondary N) is 1. The Morgan fingerprint density at radius 3 is 3.07 bits per heavy atom. The molecule has 1 aromatic rings. The van der Waals surface area contributed by atoms with E-state index in [0.717, 1.165) is 31.9 Å². The zero-order valence-corrected chi connectivity index (χ0v) is 8.79. The third-order valence-corrected chi connectivity index (χ3v) is 2.48. The van der Waals surface area contributed by atoms with Crippen LogP contribution >= 0.6 is 0 Å². The molecule has 1 atom stereocenters. The highest BCUT2D eigenvalue weighted by atomic mass is 16.5. The second kappa shape index (κ2) is 4.11. The minimum atomic E-state index is 0.266. The second-order valence-corrected chi connectivity index (χ2v) is 3.81. The van der Waals surface area contributed by atoms with Gasteiger partial charge < -0.3 is 10.1 Å². The fourth-order valence-corrected chi connectivity index (χ4v) is 1.79. The maximum Gasteiger partial charge on any atom is 0.0895 e. The third-order valence-electron chi connectivity index (χ3n) is 2.48. The lowest BCUT2D eigenvalue weighted by Crippen LogP contribution is -2.41. The molecule has 0 radical (unpaired) electrons. The number of nitrogens with zero attached hydrogens (tertiary/aromatic N) is 2. The molecule has 0 bridgehead atoms. The number of hydrogen-bond donors (Lipinski definition) is 1. The highest BCUT2D eigenvalue weighted by molar-refractivity contribution is 5.06. The van der Waals surface area contributed by atoms with Gasteiger partial charge in [-0.15, -0.1) is 0 Å². The van der Waals surface area contributed by atoms with Crippen molar-refractivity contribution in [3.05, 3.63) is 17.5 Å². The van der Waals surface area contributed by atoms with Crippen LogP contribution in [0.1, 0.15) is 11.4 Å². The largest absolute Gasteiger partial charge is 0.374 e. The molecule has 78 valence electrons. The summed E-state index contributed by atoms with van der Waals surface area (Å²) < 4.78 is 7.64. The molecule has 0 aliphatic carbocycles. The molecule has 0 spiro atoms. The van der Waals surface area contributed by atoms with Gasteiger partial charge in [0.1, 0.15) is 0 Å². The molecule has 1 N–H and O–H groups in total. The Morgan fingerprint density at radius 2 is 2.50 bits per heavy atom. The summed E-state index contributed by atoms with van der Waals surface area (Å²) in [6.07, 6.45) is 0.266. The van der Waals surface area contributed by atoms with Crippen LogP contribution < -0.4 is 5.32 Å². The van der Waals surface area contributed by atoms with Gasteiger partial charge in [0, 0.05) is 18.8 Å². The number of rotatable bonds is 2. The van der Waals surface area contributed by atoms with Crippen LogP contribution in [-0.2, 0) is 11.3 Å². The molecule has 2 heterocycles. The summed E-state index contributed by atoms with van der Waals surface area (Å²) >= 11 is 0. The maximum atomic E-state index is 5.62. The van der Waals surface area contributed by atoms with E-state index in [4.69, 9.17) is 4.74 Å². The van der Waals surface area contributed by atoms with E-state index >= 15 is 0 Å². The second-order valence-electron chi connectivity index (χ2n) is 3.81. The van der Waals surface area contributed by atoms with Gasteiger partial charge in [-0.05, 0) is 19.9 Å². The molecule has 0 aromatic carbocycles. The summed E-state index contributed by atoms with van der Waals surface area (Å²) in [5, 5.41) is 7.73. The van der Waals surface area contributed by atoms with Crippen molar-refractivity contribution in [2.45, 2.75) is 26.5 Å². The van der Waals surface area contributed by atoms with Gasteiger partial charge in [-0.25, -0.2) is 0 Å². The van der Waals surface area contributed by atoms with Crippen molar-refractivity contribution in [2.75, 3.05) is 19.7 Å². The zero-order valence-electron chi connectivity index (χ0n) is 8.79. The number of hydrogen-bond acceptors (Lipinski definition) is 3. The van der Waals surface area contributed by atoms with Crippen LogP contribution in [0.5, 0.6) is 0 Å². The van der Waals surface area contributed by atoms with Crippen molar-refractivity contribution in [1.29, 1.82) is 0 Å².